The molecule has 0 bridgehead atoms. The SMILES string of the molecule is COc1ccc(-c2ccc([C@@]3(CC(=O)NO)CCCCS3(=O)=O)s2)cn1. The van der Waals surface area contributed by atoms with Crippen LogP contribution < -0.4 is 10.2 Å². The molecule has 7 nitrogen and oxygen atoms in total. The highest BCUT2D eigenvalue weighted by atomic mass is 32.2. The van der Waals surface area contributed by atoms with Crippen molar-refractivity contribution in [1.82, 2.24) is 10.5 Å². The lowest BCUT2D eigenvalue weighted by Crippen LogP contribution is -2.43. The minimum Gasteiger partial charge on any atom is -0.481 e. The average molecular weight is 396 g/mol. The number of aromatic nitrogens is 1. The first-order valence-electron chi connectivity index (χ1n) is 8.18. The number of sulfone groups is 1. The van der Waals surface area contributed by atoms with E-state index < -0.39 is 20.5 Å². The van der Waals surface area contributed by atoms with Crippen molar-refractivity contribution < 1.29 is 23.2 Å². The normalized spacial score (nSPS) is 21.9. The Balaban J connectivity index is 2.02. The second kappa shape index (κ2) is 7.34. The van der Waals surface area contributed by atoms with E-state index in [0.29, 0.717) is 23.6 Å². The number of hydrogen-bond donors (Lipinski definition) is 2. The van der Waals surface area contributed by atoms with Crippen molar-refractivity contribution in [1.29, 1.82) is 0 Å². The summed E-state index contributed by atoms with van der Waals surface area (Å²) in [4.78, 5) is 17.5. The topological polar surface area (TPSA) is 106 Å². The number of carbonyl (C=O) groups is 1. The van der Waals surface area contributed by atoms with Crippen molar-refractivity contribution in [2.45, 2.75) is 30.4 Å². The molecule has 1 fully saturated rings. The maximum Gasteiger partial charge on any atom is 0.245 e. The summed E-state index contributed by atoms with van der Waals surface area (Å²) in [5.74, 6) is -0.156. The average Bonchev–Trinajstić information content (AvgIpc) is 3.14. The van der Waals surface area contributed by atoms with Gasteiger partial charge in [0.05, 0.1) is 19.3 Å². The fourth-order valence-electron chi connectivity index (χ4n) is 3.30. The number of ether oxygens (including phenoxy) is 1. The summed E-state index contributed by atoms with van der Waals surface area (Å²) in [6.45, 7) is 0. The molecule has 0 aromatic carbocycles. The number of amides is 1. The molecule has 0 radical (unpaired) electrons. The molecule has 0 unspecified atom stereocenters. The molecule has 1 saturated heterocycles. The van der Waals surface area contributed by atoms with Gasteiger partial charge in [0.15, 0.2) is 9.84 Å². The van der Waals surface area contributed by atoms with Gasteiger partial charge in [-0.05, 0) is 31.0 Å². The molecular weight excluding hydrogens is 376 g/mol. The number of hydroxylamine groups is 1. The standard InChI is InChI=1S/C17H20N2O5S2/c1-24-16-7-4-12(11-18-16)13-5-6-14(25-13)17(10-15(20)19-21)8-2-3-9-26(17,22)23/h4-7,11,21H,2-3,8-10H2,1H3,(H,19,20)/t17-/m0/s1. The summed E-state index contributed by atoms with van der Waals surface area (Å²) in [5.41, 5.74) is 2.42. The van der Waals surface area contributed by atoms with Gasteiger partial charge in [-0.2, -0.15) is 0 Å². The summed E-state index contributed by atoms with van der Waals surface area (Å²) in [6, 6.07) is 7.19. The van der Waals surface area contributed by atoms with Crippen LogP contribution in [0.5, 0.6) is 5.88 Å². The molecule has 140 valence electrons. The maximum absolute atomic E-state index is 12.9. The molecule has 2 aromatic heterocycles. The van der Waals surface area contributed by atoms with E-state index in [4.69, 9.17) is 9.94 Å². The van der Waals surface area contributed by atoms with Crippen LogP contribution in [0.3, 0.4) is 0 Å². The number of carbonyl (C=O) groups excluding carboxylic acids is 1. The minimum absolute atomic E-state index is 0.0447. The van der Waals surface area contributed by atoms with Crippen LogP contribution >= 0.6 is 11.3 Å². The quantitative estimate of drug-likeness (QED) is 0.594. The van der Waals surface area contributed by atoms with Crippen molar-refractivity contribution in [2.24, 2.45) is 0 Å². The van der Waals surface area contributed by atoms with Crippen molar-refractivity contribution in [2.75, 3.05) is 12.9 Å². The fraction of sp³-hybridized carbons (Fsp3) is 0.412. The lowest BCUT2D eigenvalue weighted by Gasteiger charge is -2.35. The number of nitrogens with one attached hydrogen (secondary N) is 1. The Kier molecular flexibility index (Phi) is 5.31. The summed E-state index contributed by atoms with van der Waals surface area (Å²) in [6.07, 6.45) is 3.05. The van der Waals surface area contributed by atoms with Gasteiger partial charge >= 0.3 is 0 Å². The first-order chi connectivity index (χ1) is 12.4. The Morgan fingerprint density at radius 1 is 1.35 bits per heavy atom. The van der Waals surface area contributed by atoms with Gasteiger partial charge in [-0.1, -0.05) is 6.42 Å². The van der Waals surface area contributed by atoms with Gasteiger partial charge in [-0.25, -0.2) is 18.9 Å². The van der Waals surface area contributed by atoms with Crippen LogP contribution in [0.2, 0.25) is 0 Å². The lowest BCUT2D eigenvalue weighted by atomic mass is 9.94. The van der Waals surface area contributed by atoms with Crippen molar-refractivity contribution in [3.63, 3.8) is 0 Å². The molecule has 0 saturated carbocycles. The predicted molar refractivity (Wildman–Crippen MR) is 98.0 cm³/mol. The van der Waals surface area contributed by atoms with Gasteiger partial charge in [0.2, 0.25) is 11.8 Å². The van der Waals surface area contributed by atoms with E-state index in [0.717, 1.165) is 16.9 Å². The number of rotatable bonds is 5. The van der Waals surface area contributed by atoms with Crippen LogP contribution in [0.1, 0.15) is 30.6 Å². The molecule has 1 amide bonds. The molecule has 3 rings (SSSR count). The summed E-state index contributed by atoms with van der Waals surface area (Å²) >= 11 is 1.34. The maximum atomic E-state index is 12.9. The van der Waals surface area contributed by atoms with Crippen LogP contribution in [-0.2, 0) is 19.4 Å². The Morgan fingerprint density at radius 3 is 2.77 bits per heavy atom. The van der Waals surface area contributed by atoms with Crippen molar-refractivity contribution in [3.8, 4) is 16.3 Å². The van der Waals surface area contributed by atoms with Crippen molar-refractivity contribution in [3.05, 3.63) is 35.3 Å². The number of thiophene rings is 1. The molecule has 0 spiro atoms. The third-order valence-corrected chi connectivity index (χ3v) is 8.75. The summed E-state index contributed by atoms with van der Waals surface area (Å²) in [7, 11) is -1.98. The second-order valence-electron chi connectivity index (χ2n) is 6.24. The molecule has 1 aliphatic rings. The molecule has 26 heavy (non-hydrogen) atoms. The highest BCUT2D eigenvalue weighted by Crippen LogP contribution is 2.47. The molecular formula is C17H20N2O5S2. The van der Waals surface area contributed by atoms with Gasteiger partial charge in [-0.15, -0.1) is 11.3 Å². The van der Waals surface area contributed by atoms with Gasteiger partial charge in [-0.3, -0.25) is 10.0 Å². The fourth-order valence-corrected chi connectivity index (χ4v) is 7.07. The zero-order valence-electron chi connectivity index (χ0n) is 14.3. The Bertz CT molecular complexity index is 892. The first-order valence-corrected chi connectivity index (χ1v) is 10.6. The van der Waals surface area contributed by atoms with Crippen LogP contribution in [0.4, 0.5) is 0 Å². The Morgan fingerprint density at radius 2 is 2.15 bits per heavy atom. The van der Waals surface area contributed by atoms with Gasteiger partial charge in [0, 0.05) is 27.6 Å². The summed E-state index contributed by atoms with van der Waals surface area (Å²) < 4.78 is 29.6. The summed E-state index contributed by atoms with van der Waals surface area (Å²) in [5, 5.41) is 8.92. The first kappa shape index (κ1) is 18.8. The molecule has 2 aromatic rings. The van der Waals surface area contributed by atoms with Crippen LogP contribution in [0.25, 0.3) is 10.4 Å². The lowest BCUT2D eigenvalue weighted by molar-refractivity contribution is -0.130. The van der Waals surface area contributed by atoms with E-state index in [1.807, 2.05) is 12.1 Å². The van der Waals surface area contributed by atoms with E-state index >= 15 is 0 Å². The monoisotopic (exact) mass is 396 g/mol. The third kappa shape index (κ3) is 3.34. The molecule has 9 heteroatoms. The number of nitrogens with zero attached hydrogens (tertiary/aromatic N) is 1. The van der Waals surface area contributed by atoms with E-state index in [-0.39, 0.29) is 12.2 Å². The number of hydrogen-bond acceptors (Lipinski definition) is 7. The highest BCUT2D eigenvalue weighted by molar-refractivity contribution is 7.92. The Hall–Kier alpha value is -1.97. The van der Waals surface area contributed by atoms with Crippen LogP contribution in [0, 0.1) is 0 Å². The number of pyridine rings is 1. The van der Waals surface area contributed by atoms with E-state index in [9.17, 15) is 13.2 Å². The largest absolute Gasteiger partial charge is 0.481 e. The zero-order chi connectivity index (χ0) is 18.8. The smallest absolute Gasteiger partial charge is 0.245 e. The second-order valence-corrected chi connectivity index (χ2v) is 9.74. The van der Waals surface area contributed by atoms with Gasteiger partial charge in [0.1, 0.15) is 4.75 Å². The zero-order valence-corrected chi connectivity index (χ0v) is 15.9. The third-order valence-electron chi connectivity index (χ3n) is 4.69. The Labute approximate surface area is 155 Å². The molecule has 1 atom stereocenters. The van der Waals surface area contributed by atoms with Crippen molar-refractivity contribution >= 4 is 27.1 Å². The van der Waals surface area contributed by atoms with Gasteiger partial charge in [0.25, 0.3) is 0 Å². The molecule has 1 aliphatic heterocycles. The van der Waals surface area contributed by atoms with Crippen LogP contribution in [-0.4, -0.2) is 37.4 Å². The van der Waals surface area contributed by atoms with E-state index in [2.05, 4.69) is 4.98 Å². The van der Waals surface area contributed by atoms with Crippen LogP contribution in [0.15, 0.2) is 30.5 Å². The molecule has 3 heterocycles. The number of methoxy groups -OCH3 is 1. The predicted octanol–water partition coefficient (Wildman–Crippen LogP) is 2.51. The molecule has 0 aliphatic carbocycles. The minimum atomic E-state index is -3.52. The molecule has 2 N–H and O–H groups in total. The highest BCUT2D eigenvalue weighted by Gasteiger charge is 2.49. The van der Waals surface area contributed by atoms with E-state index in [1.165, 1.54) is 18.4 Å². The van der Waals surface area contributed by atoms with E-state index in [1.54, 1.807) is 23.8 Å². The van der Waals surface area contributed by atoms with Gasteiger partial charge < -0.3 is 4.74 Å².